The maximum atomic E-state index is 14.6. The van der Waals surface area contributed by atoms with Crippen LogP contribution in [0.25, 0.3) is 22.0 Å². The van der Waals surface area contributed by atoms with Crippen LogP contribution in [0.2, 0.25) is 0 Å². The topological polar surface area (TPSA) is 59.4 Å². The normalized spacial score (nSPS) is 13.1. The Morgan fingerprint density at radius 2 is 1.58 bits per heavy atom. The Morgan fingerprint density at radius 1 is 0.911 bits per heavy atom. The smallest absolute Gasteiger partial charge is 0.418 e. The van der Waals surface area contributed by atoms with Crippen molar-refractivity contribution in [3.05, 3.63) is 130 Å². The van der Waals surface area contributed by atoms with Crippen molar-refractivity contribution in [3.8, 4) is 16.9 Å². The molecule has 5 aromatic rings. The largest absolute Gasteiger partial charge is 0.489 e. The van der Waals surface area contributed by atoms with Gasteiger partial charge in [-0.3, -0.25) is 9.78 Å². The van der Waals surface area contributed by atoms with Gasteiger partial charge >= 0.3 is 12.1 Å². The standard InChI is InChI=1S/C35H27F6NO3/c1-3-34(2,33(43)44)23-12-10-20(11-13-23)19-45-25-7-4-6-21(14-25)31-22(15-27-29(37)16-24(36)17-30(27)38)18-42-32-26(31)8-5-9-28(32)35(39,40)41/h4-14,16-18H,3,15,19H2,1-2H3,(H,43,44). The number of halogens is 6. The van der Waals surface area contributed by atoms with Crippen LogP contribution in [-0.4, -0.2) is 16.1 Å². The molecule has 4 aromatic carbocycles. The summed E-state index contributed by atoms with van der Waals surface area (Å²) in [5, 5.41) is 9.76. The highest BCUT2D eigenvalue weighted by molar-refractivity contribution is 5.98. The van der Waals surface area contributed by atoms with E-state index in [-0.39, 0.29) is 28.6 Å². The van der Waals surface area contributed by atoms with Gasteiger partial charge in [-0.25, -0.2) is 13.2 Å². The third-order valence-corrected chi connectivity index (χ3v) is 8.05. The number of pyridine rings is 1. The van der Waals surface area contributed by atoms with E-state index in [2.05, 4.69) is 4.98 Å². The zero-order chi connectivity index (χ0) is 32.5. The molecule has 232 valence electrons. The van der Waals surface area contributed by atoms with Gasteiger partial charge in [-0.2, -0.15) is 13.2 Å². The second-order valence-corrected chi connectivity index (χ2v) is 10.9. The van der Waals surface area contributed by atoms with Gasteiger partial charge in [-0.15, -0.1) is 0 Å². The molecule has 4 nitrogen and oxygen atoms in total. The summed E-state index contributed by atoms with van der Waals surface area (Å²) in [4.78, 5) is 15.8. The highest BCUT2D eigenvalue weighted by Crippen LogP contribution is 2.40. The monoisotopic (exact) mass is 623 g/mol. The maximum absolute atomic E-state index is 14.6. The molecule has 0 spiro atoms. The second kappa shape index (κ2) is 12.3. The van der Waals surface area contributed by atoms with Crippen molar-refractivity contribution in [1.82, 2.24) is 4.98 Å². The summed E-state index contributed by atoms with van der Waals surface area (Å²) in [6, 6.07) is 18.2. The van der Waals surface area contributed by atoms with E-state index >= 15 is 0 Å². The number of carboxylic acid groups (broad SMARTS) is 1. The minimum atomic E-state index is -4.71. The van der Waals surface area contributed by atoms with E-state index in [1.165, 1.54) is 12.1 Å². The number of para-hydroxylation sites is 1. The summed E-state index contributed by atoms with van der Waals surface area (Å²) in [6.45, 7) is 3.56. The molecular weight excluding hydrogens is 596 g/mol. The van der Waals surface area contributed by atoms with Gasteiger partial charge in [-0.1, -0.05) is 55.5 Å². The maximum Gasteiger partial charge on any atom is 0.418 e. The highest BCUT2D eigenvalue weighted by Gasteiger charge is 2.34. The predicted molar refractivity (Wildman–Crippen MR) is 157 cm³/mol. The Morgan fingerprint density at radius 3 is 2.20 bits per heavy atom. The van der Waals surface area contributed by atoms with Crippen molar-refractivity contribution in [2.45, 2.75) is 44.9 Å². The van der Waals surface area contributed by atoms with Gasteiger partial charge in [0.05, 0.1) is 16.5 Å². The zero-order valence-electron chi connectivity index (χ0n) is 24.2. The van der Waals surface area contributed by atoms with E-state index in [4.69, 9.17) is 4.74 Å². The van der Waals surface area contributed by atoms with E-state index in [0.717, 1.165) is 17.8 Å². The summed E-state index contributed by atoms with van der Waals surface area (Å²) in [5.74, 6) is -3.92. The first-order valence-corrected chi connectivity index (χ1v) is 14.0. The van der Waals surface area contributed by atoms with Crippen LogP contribution in [-0.2, 0) is 29.4 Å². The van der Waals surface area contributed by atoms with Crippen LogP contribution in [0.1, 0.15) is 48.1 Å². The van der Waals surface area contributed by atoms with E-state index < -0.39 is 52.6 Å². The van der Waals surface area contributed by atoms with Gasteiger partial charge in [0.1, 0.15) is 29.8 Å². The lowest BCUT2D eigenvalue weighted by Crippen LogP contribution is -2.31. The van der Waals surface area contributed by atoms with Crippen LogP contribution >= 0.6 is 0 Å². The molecule has 0 amide bonds. The number of nitrogens with zero attached hydrogens (tertiary/aromatic N) is 1. The van der Waals surface area contributed by atoms with Crippen molar-refractivity contribution < 1.29 is 41.0 Å². The number of rotatable bonds is 9. The molecule has 1 N–H and O–H groups in total. The summed E-state index contributed by atoms with van der Waals surface area (Å²) in [5.41, 5.74) is -0.512. The number of aromatic nitrogens is 1. The molecule has 0 aliphatic heterocycles. The number of benzene rings is 4. The van der Waals surface area contributed by atoms with E-state index in [1.807, 2.05) is 0 Å². The lowest BCUT2D eigenvalue weighted by Gasteiger charge is -2.23. The summed E-state index contributed by atoms with van der Waals surface area (Å²) in [7, 11) is 0. The first-order chi connectivity index (χ1) is 21.3. The molecule has 0 aliphatic rings. The van der Waals surface area contributed by atoms with Crippen molar-refractivity contribution in [2.24, 2.45) is 0 Å². The van der Waals surface area contributed by atoms with Gasteiger partial charge in [0.15, 0.2) is 0 Å². The Balaban J connectivity index is 1.54. The molecule has 45 heavy (non-hydrogen) atoms. The molecular formula is C35H27F6NO3. The first-order valence-electron chi connectivity index (χ1n) is 14.0. The molecule has 0 saturated heterocycles. The lowest BCUT2D eigenvalue weighted by molar-refractivity contribution is -0.143. The molecule has 0 radical (unpaired) electrons. The van der Waals surface area contributed by atoms with Crippen molar-refractivity contribution in [2.75, 3.05) is 0 Å². The molecule has 10 heteroatoms. The van der Waals surface area contributed by atoms with Gasteiger partial charge < -0.3 is 9.84 Å². The van der Waals surface area contributed by atoms with Crippen LogP contribution in [0, 0.1) is 17.5 Å². The van der Waals surface area contributed by atoms with Crippen LogP contribution < -0.4 is 4.74 Å². The predicted octanol–water partition coefficient (Wildman–Crippen LogP) is 9.26. The fourth-order valence-corrected chi connectivity index (χ4v) is 5.26. The number of ether oxygens (including phenoxy) is 1. The van der Waals surface area contributed by atoms with Crippen LogP contribution in [0.15, 0.2) is 85.1 Å². The quantitative estimate of drug-likeness (QED) is 0.166. The van der Waals surface area contributed by atoms with Crippen molar-refractivity contribution in [1.29, 1.82) is 0 Å². The van der Waals surface area contributed by atoms with E-state index in [9.17, 15) is 36.2 Å². The van der Waals surface area contributed by atoms with Crippen molar-refractivity contribution >= 4 is 16.9 Å². The fraction of sp³-hybridized carbons (Fsp3) is 0.200. The molecule has 1 atom stereocenters. The number of carbonyl (C=O) groups is 1. The lowest BCUT2D eigenvalue weighted by atomic mass is 9.80. The second-order valence-electron chi connectivity index (χ2n) is 10.9. The number of carboxylic acids is 1. The van der Waals surface area contributed by atoms with Gasteiger partial charge in [0.2, 0.25) is 0 Å². The van der Waals surface area contributed by atoms with Crippen molar-refractivity contribution in [3.63, 3.8) is 0 Å². The minimum Gasteiger partial charge on any atom is -0.489 e. The third kappa shape index (κ3) is 6.36. The van der Waals surface area contributed by atoms with Gasteiger partial charge in [0, 0.05) is 35.7 Å². The molecule has 0 saturated carbocycles. The first kappa shape index (κ1) is 31.6. The zero-order valence-corrected chi connectivity index (χ0v) is 24.2. The van der Waals surface area contributed by atoms with Crippen LogP contribution in [0.3, 0.4) is 0 Å². The number of alkyl halides is 3. The molecule has 5 rings (SSSR count). The van der Waals surface area contributed by atoms with Crippen LogP contribution in [0.5, 0.6) is 5.75 Å². The fourth-order valence-electron chi connectivity index (χ4n) is 5.26. The Bertz CT molecular complexity index is 1860. The molecule has 0 fully saturated rings. The van der Waals surface area contributed by atoms with E-state index in [1.54, 1.807) is 62.4 Å². The summed E-state index contributed by atoms with van der Waals surface area (Å²) < 4.78 is 90.5. The number of fused-ring (bicyclic) bond motifs is 1. The Hall–Kier alpha value is -4.86. The average molecular weight is 624 g/mol. The number of hydrogen-bond acceptors (Lipinski definition) is 3. The molecule has 1 unspecified atom stereocenters. The Labute approximate surface area is 254 Å². The Kier molecular flexibility index (Phi) is 8.60. The average Bonchev–Trinajstić information content (AvgIpc) is 3.00. The minimum absolute atomic E-state index is 0.105. The summed E-state index contributed by atoms with van der Waals surface area (Å²) >= 11 is 0. The molecule has 1 aromatic heterocycles. The number of hydrogen-bond donors (Lipinski definition) is 1. The third-order valence-electron chi connectivity index (χ3n) is 8.05. The van der Waals surface area contributed by atoms with Gasteiger partial charge in [-0.05, 0) is 59.4 Å². The highest BCUT2D eigenvalue weighted by atomic mass is 19.4. The summed E-state index contributed by atoms with van der Waals surface area (Å²) in [6.07, 6.45) is -3.57. The molecule has 0 bridgehead atoms. The van der Waals surface area contributed by atoms with E-state index in [0.29, 0.717) is 35.4 Å². The number of aliphatic carboxylic acids is 1. The van der Waals surface area contributed by atoms with Gasteiger partial charge in [0.25, 0.3) is 0 Å². The molecule has 0 aliphatic carbocycles. The SMILES string of the molecule is CCC(C)(C(=O)O)c1ccc(COc2cccc(-c3c(Cc4c(F)cc(F)cc4F)cnc4c(C(F)(F)F)cccc34)c2)cc1. The van der Waals surface area contributed by atoms with Crippen LogP contribution in [0.4, 0.5) is 26.3 Å². The molecule has 1 heterocycles.